The molecule has 1 N–H and O–H groups in total. The summed E-state index contributed by atoms with van der Waals surface area (Å²) in [5.74, 6) is 0.779. The fourth-order valence-corrected chi connectivity index (χ4v) is 3.01. The molecule has 2 aromatic rings. The first-order chi connectivity index (χ1) is 9.11. The lowest BCUT2D eigenvalue weighted by atomic mass is 10.4. The Hall–Kier alpha value is -1.41. The number of aromatic nitrogens is 4. The van der Waals surface area contributed by atoms with E-state index in [0.717, 1.165) is 17.5 Å². The van der Waals surface area contributed by atoms with E-state index in [1.807, 2.05) is 30.7 Å². The fourth-order valence-electron chi connectivity index (χ4n) is 1.52. The van der Waals surface area contributed by atoms with Crippen molar-refractivity contribution in [1.82, 2.24) is 19.7 Å². The van der Waals surface area contributed by atoms with Gasteiger partial charge in [-0.25, -0.2) is 4.98 Å². The van der Waals surface area contributed by atoms with Crippen LogP contribution in [0.3, 0.4) is 0 Å². The van der Waals surface area contributed by atoms with Crippen LogP contribution in [0.1, 0.15) is 19.7 Å². The monoisotopic (exact) mass is 297 g/mol. The fraction of sp³-hybridized carbons (Fsp3) is 0.455. The van der Waals surface area contributed by atoms with Gasteiger partial charge in [-0.3, -0.25) is 4.79 Å². The van der Waals surface area contributed by atoms with E-state index in [2.05, 4.69) is 20.5 Å². The van der Waals surface area contributed by atoms with E-state index in [1.165, 1.54) is 23.1 Å². The molecule has 8 heteroatoms. The van der Waals surface area contributed by atoms with Crippen LogP contribution in [0, 0.1) is 6.92 Å². The molecule has 1 atom stereocenters. The van der Waals surface area contributed by atoms with Gasteiger partial charge in [0.2, 0.25) is 5.91 Å². The van der Waals surface area contributed by atoms with Crippen molar-refractivity contribution in [3.05, 3.63) is 17.4 Å². The summed E-state index contributed by atoms with van der Waals surface area (Å²) in [5.41, 5.74) is 0. The van der Waals surface area contributed by atoms with E-state index in [1.54, 1.807) is 6.20 Å². The summed E-state index contributed by atoms with van der Waals surface area (Å²) in [6.07, 6.45) is 1.66. The molecular formula is C11H15N5OS2. The molecule has 0 aromatic carbocycles. The third-order valence-electron chi connectivity index (χ3n) is 2.53. The summed E-state index contributed by atoms with van der Waals surface area (Å²) in [6, 6.07) is 0. The second-order valence-electron chi connectivity index (χ2n) is 3.86. The molecule has 1 amide bonds. The number of thiazole rings is 1. The van der Waals surface area contributed by atoms with E-state index in [0.29, 0.717) is 5.13 Å². The molecule has 0 aliphatic rings. The summed E-state index contributed by atoms with van der Waals surface area (Å²) < 4.78 is 1.98. The molecule has 19 heavy (non-hydrogen) atoms. The standard InChI is InChI=1S/C11H15N5OS2/c1-4-16-8(3)14-15-11(16)19-7(2)9(17)13-10-12-5-6-18-10/h5-7H,4H2,1-3H3,(H,12,13,17)/t7-/m1/s1. The van der Waals surface area contributed by atoms with Gasteiger partial charge in [0, 0.05) is 18.1 Å². The second kappa shape index (κ2) is 6.16. The Labute approximate surface area is 119 Å². The Morgan fingerprint density at radius 1 is 1.58 bits per heavy atom. The molecule has 0 aliphatic heterocycles. The average molecular weight is 297 g/mol. The number of rotatable bonds is 5. The van der Waals surface area contributed by atoms with Gasteiger partial charge in [-0.05, 0) is 20.8 Å². The van der Waals surface area contributed by atoms with E-state index < -0.39 is 0 Å². The van der Waals surface area contributed by atoms with Gasteiger partial charge < -0.3 is 9.88 Å². The summed E-state index contributed by atoms with van der Waals surface area (Å²) in [4.78, 5) is 16.0. The molecule has 0 saturated heterocycles. The maximum absolute atomic E-state index is 12.0. The predicted molar refractivity (Wildman–Crippen MR) is 76.5 cm³/mol. The number of thioether (sulfide) groups is 1. The number of carbonyl (C=O) groups is 1. The lowest BCUT2D eigenvalue weighted by molar-refractivity contribution is -0.115. The van der Waals surface area contributed by atoms with Gasteiger partial charge in [0.15, 0.2) is 10.3 Å². The molecular weight excluding hydrogens is 282 g/mol. The summed E-state index contributed by atoms with van der Waals surface area (Å²) in [5, 5.41) is 13.8. The minimum Gasteiger partial charge on any atom is -0.307 e. The van der Waals surface area contributed by atoms with E-state index in [4.69, 9.17) is 0 Å². The van der Waals surface area contributed by atoms with Gasteiger partial charge in [-0.15, -0.1) is 21.5 Å². The molecule has 0 aliphatic carbocycles. The molecule has 0 saturated carbocycles. The van der Waals surface area contributed by atoms with Crippen LogP contribution in [0.2, 0.25) is 0 Å². The third kappa shape index (κ3) is 3.32. The highest BCUT2D eigenvalue weighted by atomic mass is 32.2. The number of aryl methyl sites for hydroxylation is 1. The molecule has 2 rings (SSSR count). The van der Waals surface area contributed by atoms with Gasteiger partial charge in [0.05, 0.1) is 5.25 Å². The van der Waals surface area contributed by atoms with Crippen molar-refractivity contribution in [2.45, 2.75) is 37.7 Å². The highest BCUT2D eigenvalue weighted by molar-refractivity contribution is 8.00. The van der Waals surface area contributed by atoms with Crippen LogP contribution >= 0.6 is 23.1 Å². The van der Waals surface area contributed by atoms with Crippen LogP contribution in [0.25, 0.3) is 0 Å². The van der Waals surface area contributed by atoms with Crippen molar-refractivity contribution < 1.29 is 4.79 Å². The molecule has 0 fully saturated rings. The maximum atomic E-state index is 12.0. The highest BCUT2D eigenvalue weighted by Crippen LogP contribution is 2.23. The number of amides is 1. The van der Waals surface area contributed by atoms with Crippen molar-refractivity contribution in [3.63, 3.8) is 0 Å². The second-order valence-corrected chi connectivity index (χ2v) is 6.06. The number of nitrogens with zero attached hydrogens (tertiary/aromatic N) is 4. The van der Waals surface area contributed by atoms with Crippen molar-refractivity contribution in [3.8, 4) is 0 Å². The number of nitrogens with one attached hydrogen (secondary N) is 1. The Kier molecular flexibility index (Phi) is 4.54. The minimum absolute atomic E-state index is 0.0803. The first-order valence-corrected chi connectivity index (χ1v) is 7.64. The van der Waals surface area contributed by atoms with Crippen molar-refractivity contribution >= 4 is 34.1 Å². The van der Waals surface area contributed by atoms with Gasteiger partial charge in [-0.1, -0.05) is 11.8 Å². The van der Waals surface area contributed by atoms with Crippen molar-refractivity contribution in [1.29, 1.82) is 0 Å². The Morgan fingerprint density at radius 2 is 2.37 bits per heavy atom. The Bertz CT molecular complexity index is 551. The molecule has 102 valence electrons. The molecule has 0 unspecified atom stereocenters. The molecule has 2 aromatic heterocycles. The van der Waals surface area contributed by atoms with Crippen molar-refractivity contribution in [2.24, 2.45) is 0 Å². The highest BCUT2D eigenvalue weighted by Gasteiger charge is 2.19. The van der Waals surface area contributed by atoms with Crippen LogP contribution < -0.4 is 5.32 Å². The van der Waals surface area contributed by atoms with Crippen LogP contribution in [0.4, 0.5) is 5.13 Å². The number of hydrogen-bond acceptors (Lipinski definition) is 6. The van der Waals surface area contributed by atoms with E-state index in [9.17, 15) is 4.79 Å². The number of carbonyl (C=O) groups excluding carboxylic acids is 1. The predicted octanol–water partition coefficient (Wildman–Crippen LogP) is 2.18. The van der Waals surface area contributed by atoms with Crippen LogP contribution in [0.15, 0.2) is 16.7 Å². The zero-order valence-corrected chi connectivity index (χ0v) is 12.6. The smallest absolute Gasteiger partial charge is 0.239 e. The molecule has 0 spiro atoms. The zero-order chi connectivity index (χ0) is 13.8. The lowest BCUT2D eigenvalue weighted by Crippen LogP contribution is -2.22. The van der Waals surface area contributed by atoms with Crippen LogP contribution in [0.5, 0.6) is 0 Å². The van der Waals surface area contributed by atoms with Gasteiger partial charge in [0.25, 0.3) is 0 Å². The molecule has 0 radical (unpaired) electrons. The van der Waals surface area contributed by atoms with E-state index in [-0.39, 0.29) is 11.2 Å². The zero-order valence-electron chi connectivity index (χ0n) is 11.0. The number of hydrogen-bond donors (Lipinski definition) is 1. The summed E-state index contributed by atoms with van der Waals surface area (Å²) in [7, 11) is 0. The van der Waals surface area contributed by atoms with Gasteiger partial charge in [-0.2, -0.15) is 0 Å². The quantitative estimate of drug-likeness (QED) is 0.856. The topological polar surface area (TPSA) is 72.7 Å². The third-order valence-corrected chi connectivity index (χ3v) is 4.30. The summed E-state index contributed by atoms with van der Waals surface area (Å²) in [6.45, 7) is 6.57. The Morgan fingerprint density at radius 3 is 3.00 bits per heavy atom. The molecule has 6 nitrogen and oxygen atoms in total. The lowest BCUT2D eigenvalue weighted by Gasteiger charge is -2.10. The van der Waals surface area contributed by atoms with Gasteiger partial charge >= 0.3 is 0 Å². The minimum atomic E-state index is -0.252. The molecule has 2 heterocycles. The van der Waals surface area contributed by atoms with E-state index >= 15 is 0 Å². The normalized spacial score (nSPS) is 12.4. The first kappa shape index (κ1) is 14.0. The average Bonchev–Trinajstić information content (AvgIpc) is 2.99. The van der Waals surface area contributed by atoms with Crippen LogP contribution in [-0.2, 0) is 11.3 Å². The molecule has 0 bridgehead atoms. The largest absolute Gasteiger partial charge is 0.307 e. The maximum Gasteiger partial charge on any atom is 0.239 e. The van der Waals surface area contributed by atoms with Crippen molar-refractivity contribution in [2.75, 3.05) is 5.32 Å². The first-order valence-electron chi connectivity index (χ1n) is 5.88. The SMILES string of the molecule is CCn1c(C)nnc1S[C@H](C)C(=O)Nc1nccs1. The van der Waals surface area contributed by atoms with Crippen LogP contribution in [-0.4, -0.2) is 30.9 Å². The Balaban J connectivity index is 2.00. The van der Waals surface area contributed by atoms with Gasteiger partial charge in [0.1, 0.15) is 5.82 Å². The number of anilines is 1. The summed E-state index contributed by atoms with van der Waals surface area (Å²) >= 11 is 2.80.